The van der Waals surface area contributed by atoms with Crippen molar-refractivity contribution in [2.24, 2.45) is 5.41 Å². The van der Waals surface area contributed by atoms with Gasteiger partial charge in [0.1, 0.15) is 11.9 Å². The lowest BCUT2D eigenvalue weighted by Crippen LogP contribution is -2.55. The highest BCUT2D eigenvalue weighted by molar-refractivity contribution is 5.86. The first-order valence-electron chi connectivity index (χ1n) is 11.4. The molecule has 0 bridgehead atoms. The van der Waals surface area contributed by atoms with Gasteiger partial charge in [-0.25, -0.2) is 4.39 Å². The summed E-state index contributed by atoms with van der Waals surface area (Å²) < 4.78 is 19.8. The molecule has 5 nitrogen and oxygen atoms in total. The molecule has 0 aliphatic carbocycles. The van der Waals surface area contributed by atoms with E-state index >= 15 is 0 Å². The molecular weight excluding hydrogens is 407 g/mol. The number of benzene rings is 2. The Kier molecular flexibility index (Phi) is 6.60. The van der Waals surface area contributed by atoms with Gasteiger partial charge in [-0.15, -0.1) is 0 Å². The van der Waals surface area contributed by atoms with Crippen LogP contribution in [-0.4, -0.2) is 61.5 Å². The molecule has 2 saturated heterocycles. The molecule has 0 aromatic heterocycles. The van der Waals surface area contributed by atoms with Gasteiger partial charge in [0, 0.05) is 39.4 Å². The molecule has 2 atom stereocenters. The molecule has 0 radical (unpaired) electrons. The number of amides is 2. The first-order valence-corrected chi connectivity index (χ1v) is 11.4. The molecule has 6 heteroatoms. The minimum atomic E-state index is -0.671. The van der Waals surface area contributed by atoms with E-state index in [1.54, 1.807) is 31.1 Å². The largest absolute Gasteiger partial charge is 0.368 e. The van der Waals surface area contributed by atoms with Gasteiger partial charge in [-0.05, 0) is 49.3 Å². The minimum absolute atomic E-state index is 0.00744. The van der Waals surface area contributed by atoms with Gasteiger partial charge in [0.25, 0.3) is 5.91 Å². The lowest BCUT2D eigenvalue weighted by molar-refractivity contribution is -0.151. The van der Waals surface area contributed by atoms with E-state index in [1.807, 2.05) is 35.2 Å². The third-order valence-corrected chi connectivity index (χ3v) is 6.63. The van der Waals surface area contributed by atoms with Crippen LogP contribution in [0.3, 0.4) is 0 Å². The Labute approximate surface area is 189 Å². The Balaban J connectivity index is 1.57. The Morgan fingerprint density at radius 3 is 2.53 bits per heavy atom. The summed E-state index contributed by atoms with van der Waals surface area (Å²) in [6.07, 6.45) is 3.33. The zero-order chi connectivity index (χ0) is 22.7. The number of carbonyl (C=O) groups excluding carboxylic acids is 2. The highest BCUT2D eigenvalue weighted by atomic mass is 19.1. The maximum absolute atomic E-state index is 14.2. The van der Waals surface area contributed by atoms with Gasteiger partial charge in [-0.3, -0.25) is 9.59 Å². The topological polar surface area (TPSA) is 49.9 Å². The fourth-order valence-electron chi connectivity index (χ4n) is 5.05. The van der Waals surface area contributed by atoms with Crippen LogP contribution in [0.4, 0.5) is 4.39 Å². The third kappa shape index (κ3) is 4.56. The lowest BCUT2D eigenvalue weighted by Gasteiger charge is -2.43. The third-order valence-electron chi connectivity index (χ3n) is 6.63. The second kappa shape index (κ2) is 9.41. The van der Waals surface area contributed by atoms with E-state index < -0.39 is 5.41 Å². The molecule has 32 heavy (non-hydrogen) atoms. The summed E-state index contributed by atoms with van der Waals surface area (Å²) in [6.45, 7) is 1.69. The van der Waals surface area contributed by atoms with Crippen LogP contribution in [-0.2, 0) is 20.7 Å². The molecule has 0 unspecified atom stereocenters. The standard InChI is InChI=1S/C26H31FN2O3/c1-28(2)25(31)26(14-6-15-29(18-26)24(30)23-9-5-16-32-23)17-19-10-12-20(13-11-19)21-7-3-4-8-22(21)27/h3-4,7-8,10-13,23H,5-6,9,14-18H2,1-2H3/t23-,26-/m1/s1. The van der Waals surface area contributed by atoms with Gasteiger partial charge in [-0.1, -0.05) is 42.5 Å². The Morgan fingerprint density at radius 2 is 1.88 bits per heavy atom. The number of likely N-dealkylation sites (tertiary alicyclic amines) is 1. The Morgan fingerprint density at radius 1 is 1.12 bits per heavy atom. The molecule has 0 saturated carbocycles. The number of carbonyl (C=O) groups is 2. The first-order chi connectivity index (χ1) is 15.4. The van der Waals surface area contributed by atoms with E-state index in [0.717, 1.165) is 36.8 Å². The molecular formula is C26H31FN2O3. The monoisotopic (exact) mass is 438 g/mol. The summed E-state index contributed by atoms with van der Waals surface area (Å²) >= 11 is 0. The molecule has 170 valence electrons. The highest BCUT2D eigenvalue weighted by Gasteiger charge is 2.45. The quantitative estimate of drug-likeness (QED) is 0.711. The second-order valence-electron chi connectivity index (χ2n) is 9.20. The number of hydrogen-bond donors (Lipinski definition) is 0. The van der Waals surface area contributed by atoms with Gasteiger partial charge in [-0.2, -0.15) is 0 Å². The zero-order valence-electron chi connectivity index (χ0n) is 18.9. The predicted octanol–water partition coefficient (Wildman–Crippen LogP) is 3.91. The van der Waals surface area contributed by atoms with E-state index in [0.29, 0.717) is 31.7 Å². The predicted molar refractivity (Wildman–Crippen MR) is 121 cm³/mol. The maximum atomic E-state index is 14.2. The highest BCUT2D eigenvalue weighted by Crippen LogP contribution is 2.37. The van der Waals surface area contributed by atoms with Crippen molar-refractivity contribution < 1.29 is 18.7 Å². The molecule has 2 heterocycles. The molecule has 2 fully saturated rings. The SMILES string of the molecule is CN(C)C(=O)[C@@]1(Cc2ccc(-c3ccccc3F)cc2)CCCN(C(=O)[C@H]2CCCO2)C1. The van der Waals surface area contributed by atoms with Crippen LogP contribution >= 0.6 is 0 Å². The van der Waals surface area contributed by atoms with Crippen molar-refractivity contribution >= 4 is 11.8 Å². The van der Waals surface area contributed by atoms with Gasteiger partial charge in [0.2, 0.25) is 5.91 Å². The maximum Gasteiger partial charge on any atom is 0.251 e. The van der Waals surface area contributed by atoms with Crippen molar-refractivity contribution in [2.45, 2.75) is 38.2 Å². The van der Waals surface area contributed by atoms with Crippen LogP contribution in [0.2, 0.25) is 0 Å². The van der Waals surface area contributed by atoms with Crippen LogP contribution in [0, 0.1) is 11.2 Å². The summed E-state index contributed by atoms with van der Waals surface area (Å²) in [5, 5.41) is 0. The molecule has 0 spiro atoms. The van der Waals surface area contributed by atoms with Crippen molar-refractivity contribution in [3.63, 3.8) is 0 Å². The van der Waals surface area contributed by atoms with Crippen molar-refractivity contribution in [2.75, 3.05) is 33.8 Å². The molecule has 2 aromatic carbocycles. The fourth-order valence-corrected chi connectivity index (χ4v) is 5.05. The molecule has 2 aromatic rings. The number of nitrogens with zero attached hydrogens (tertiary/aromatic N) is 2. The smallest absolute Gasteiger partial charge is 0.251 e. The number of hydrogen-bond acceptors (Lipinski definition) is 3. The molecule has 2 aliphatic heterocycles. The van der Waals surface area contributed by atoms with Gasteiger partial charge < -0.3 is 14.5 Å². The summed E-state index contributed by atoms with van der Waals surface area (Å²) in [7, 11) is 3.54. The van der Waals surface area contributed by atoms with Crippen LogP contribution in [0.5, 0.6) is 0 Å². The van der Waals surface area contributed by atoms with Crippen LogP contribution in [0.15, 0.2) is 48.5 Å². The lowest BCUT2D eigenvalue weighted by atomic mass is 9.73. The van der Waals surface area contributed by atoms with E-state index in [1.165, 1.54) is 6.07 Å². The van der Waals surface area contributed by atoms with E-state index in [4.69, 9.17) is 4.74 Å². The second-order valence-corrected chi connectivity index (χ2v) is 9.20. The van der Waals surface area contributed by atoms with E-state index in [9.17, 15) is 14.0 Å². The number of ether oxygens (including phenoxy) is 1. The number of halogens is 1. The van der Waals surface area contributed by atoms with Crippen molar-refractivity contribution in [3.8, 4) is 11.1 Å². The van der Waals surface area contributed by atoms with Crippen LogP contribution < -0.4 is 0 Å². The fraction of sp³-hybridized carbons (Fsp3) is 0.462. The Hall–Kier alpha value is -2.73. The first kappa shape index (κ1) is 22.5. The summed E-state index contributed by atoms with van der Waals surface area (Å²) in [5.74, 6) is -0.205. The average molecular weight is 439 g/mol. The molecule has 0 N–H and O–H groups in total. The van der Waals surface area contributed by atoms with Crippen LogP contribution in [0.25, 0.3) is 11.1 Å². The summed E-state index contributed by atoms with van der Waals surface area (Å²) in [5.41, 5.74) is 1.70. The van der Waals surface area contributed by atoms with E-state index in [2.05, 4.69) is 0 Å². The van der Waals surface area contributed by atoms with Gasteiger partial charge in [0.05, 0.1) is 5.41 Å². The van der Waals surface area contributed by atoms with Crippen molar-refractivity contribution in [1.82, 2.24) is 9.80 Å². The molecule has 2 aliphatic rings. The van der Waals surface area contributed by atoms with Crippen molar-refractivity contribution in [3.05, 3.63) is 59.9 Å². The normalized spacial score (nSPS) is 23.2. The van der Waals surface area contributed by atoms with Crippen LogP contribution in [0.1, 0.15) is 31.2 Å². The van der Waals surface area contributed by atoms with Gasteiger partial charge in [0.15, 0.2) is 0 Å². The van der Waals surface area contributed by atoms with Crippen molar-refractivity contribution in [1.29, 1.82) is 0 Å². The zero-order valence-corrected chi connectivity index (χ0v) is 18.9. The average Bonchev–Trinajstić information content (AvgIpc) is 3.34. The molecule has 2 amide bonds. The number of piperidine rings is 1. The van der Waals surface area contributed by atoms with E-state index in [-0.39, 0.29) is 23.7 Å². The summed E-state index contributed by atoms with van der Waals surface area (Å²) in [6, 6.07) is 14.4. The van der Waals surface area contributed by atoms with Gasteiger partial charge >= 0.3 is 0 Å². The minimum Gasteiger partial charge on any atom is -0.368 e. The molecule has 4 rings (SSSR count). The summed E-state index contributed by atoms with van der Waals surface area (Å²) in [4.78, 5) is 29.8. The number of rotatable bonds is 5. The Bertz CT molecular complexity index is 969.